The third kappa shape index (κ3) is 7.89. The van der Waals surface area contributed by atoms with Gasteiger partial charge < -0.3 is 19.6 Å². The van der Waals surface area contributed by atoms with Crippen LogP contribution in [0.4, 0.5) is 11.4 Å². The molecule has 219 valence electrons. The molecule has 0 amide bonds. The summed E-state index contributed by atoms with van der Waals surface area (Å²) in [6, 6.07) is 41.6. The molecular formula is C36H31IrN6-5. The first kappa shape index (κ1) is 30.0. The normalized spacial score (nSPS) is 13.7. The predicted molar refractivity (Wildman–Crippen MR) is 169 cm³/mol. The molecule has 3 heterocycles. The minimum Gasteiger partial charge on any atom is -0.508 e. The molecule has 0 N–H and O–H groups in total. The van der Waals surface area contributed by atoms with E-state index < -0.39 is 0 Å². The molecule has 1 radical (unpaired) electrons. The van der Waals surface area contributed by atoms with Gasteiger partial charge in [-0.1, -0.05) is 18.2 Å². The molecule has 0 fully saturated rings. The Hall–Kier alpha value is -4.45. The standard InChI is InChI=1S/C22H22N4.C14H9N2.Ir/c1-3-9-21(10-4-1)25-17-15-23(19-25)13-7-8-14-24-16-18-26(20-24)22-11-5-2-6-12-22;1-2-6-11(7-3-1)14-12-8-4-5-9-13(12)15-10-16-14;/h1-6,9,11,15-20H,7-8,13-14H2;1-6,8-10H;/q-4;-1;. The van der Waals surface area contributed by atoms with Gasteiger partial charge in [0.2, 0.25) is 0 Å². The van der Waals surface area contributed by atoms with E-state index in [0.717, 1.165) is 59.5 Å². The van der Waals surface area contributed by atoms with Crippen LogP contribution in [0.15, 0.2) is 128 Å². The van der Waals surface area contributed by atoms with Gasteiger partial charge in [-0.15, -0.1) is 47.3 Å². The average molecular weight is 740 g/mol. The Bertz CT molecular complexity index is 1540. The summed E-state index contributed by atoms with van der Waals surface area (Å²) in [5, 5.41) is 1.06. The smallest absolute Gasteiger partial charge is 0.106 e. The molecular weight excluding hydrogens is 709 g/mol. The van der Waals surface area contributed by atoms with E-state index in [1.807, 2.05) is 84.9 Å². The van der Waals surface area contributed by atoms with Gasteiger partial charge in [0.1, 0.15) is 6.33 Å². The number of anilines is 2. The van der Waals surface area contributed by atoms with Crippen molar-refractivity contribution < 1.29 is 20.1 Å². The number of rotatable bonds is 8. The van der Waals surface area contributed by atoms with Crippen molar-refractivity contribution in [3.63, 3.8) is 0 Å². The second-order valence-electron chi connectivity index (χ2n) is 9.84. The van der Waals surface area contributed by atoms with Crippen LogP contribution in [0.2, 0.25) is 0 Å². The number of para-hydroxylation sites is 3. The quantitative estimate of drug-likeness (QED) is 0.123. The zero-order valence-electron chi connectivity index (χ0n) is 23.6. The Morgan fingerprint density at radius 2 is 1.14 bits per heavy atom. The van der Waals surface area contributed by atoms with Gasteiger partial charge in [0.05, 0.1) is 5.52 Å². The maximum absolute atomic E-state index is 4.33. The molecule has 1 aromatic heterocycles. The van der Waals surface area contributed by atoms with Gasteiger partial charge in [0, 0.05) is 20.1 Å². The van der Waals surface area contributed by atoms with Gasteiger partial charge in [-0.25, -0.2) is 4.98 Å². The second-order valence-corrected chi connectivity index (χ2v) is 9.84. The van der Waals surface area contributed by atoms with Gasteiger partial charge in [-0.2, -0.15) is 74.0 Å². The topological polar surface area (TPSA) is 38.7 Å². The molecule has 0 atom stereocenters. The largest absolute Gasteiger partial charge is 0.508 e. The maximum Gasteiger partial charge on any atom is 0.106 e. The van der Waals surface area contributed by atoms with E-state index in [4.69, 9.17) is 0 Å². The van der Waals surface area contributed by atoms with Crippen LogP contribution in [0.25, 0.3) is 22.2 Å². The molecule has 7 rings (SSSR count). The van der Waals surface area contributed by atoms with Gasteiger partial charge in [0.15, 0.2) is 0 Å². The molecule has 0 aliphatic carbocycles. The molecule has 0 unspecified atom stereocenters. The molecule has 2 aliphatic rings. The predicted octanol–water partition coefficient (Wildman–Crippen LogP) is 7.29. The minimum absolute atomic E-state index is 0. The van der Waals surface area contributed by atoms with Gasteiger partial charge >= 0.3 is 0 Å². The third-order valence-corrected chi connectivity index (χ3v) is 6.91. The van der Waals surface area contributed by atoms with Crippen LogP contribution in [0.1, 0.15) is 12.8 Å². The first-order valence-electron chi connectivity index (χ1n) is 14.1. The van der Waals surface area contributed by atoms with Gasteiger partial charge in [0.25, 0.3) is 0 Å². The van der Waals surface area contributed by atoms with E-state index >= 15 is 0 Å². The third-order valence-electron chi connectivity index (χ3n) is 6.91. The molecule has 43 heavy (non-hydrogen) atoms. The zero-order chi connectivity index (χ0) is 28.4. The van der Waals surface area contributed by atoms with Crippen LogP contribution in [-0.2, 0) is 20.1 Å². The molecule has 0 saturated carbocycles. The number of hydrogen-bond donors (Lipinski definition) is 0. The van der Waals surface area contributed by atoms with Crippen LogP contribution in [0.5, 0.6) is 0 Å². The van der Waals surface area contributed by atoms with E-state index in [1.54, 1.807) is 6.33 Å². The van der Waals surface area contributed by atoms with Crippen molar-refractivity contribution in [2.45, 2.75) is 12.8 Å². The van der Waals surface area contributed by atoms with Crippen molar-refractivity contribution in [2.24, 2.45) is 0 Å². The van der Waals surface area contributed by atoms with Crippen molar-refractivity contribution in [3.8, 4) is 11.3 Å². The maximum atomic E-state index is 4.33. The molecule has 4 aromatic carbocycles. The summed E-state index contributed by atoms with van der Waals surface area (Å²) < 4.78 is 0. The SMILES string of the molecule is [Ir].[c-]1ccccc1-c1ncnc2ccccc12.[c-]1ccccc1N1C=CN(CCCCN2C=CN(c3[c-]cccc3)[CH-]2)[CH-]1. The van der Waals surface area contributed by atoms with E-state index in [1.165, 1.54) is 0 Å². The van der Waals surface area contributed by atoms with Gasteiger partial charge in [-0.05, 0) is 67.9 Å². The Labute approximate surface area is 268 Å². The number of benzene rings is 4. The fourth-order valence-corrected chi connectivity index (χ4v) is 4.78. The molecule has 2 aliphatic heterocycles. The molecule has 0 spiro atoms. The summed E-state index contributed by atoms with van der Waals surface area (Å²) in [5.41, 5.74) is 5.04. The number of aromatic nitrogens is 2. The number of fused-ring (bicyclic) bond motifs is 1. The van der Waals surface area contributed by atoms with Crippen LogP contribution in [0.3, 0.4) is 0 Å². The summed E-state index contributed by atoms with van der Waals surface area (Å²) in [4.78, 5) is 17.2. The molecule has 7 heteroatoms. The molecule has 0 saturated heterocycles. The van der Waals surface area contributed by atoms with Crippen LogP contribution in [0, 0.1) is 31.5 Å². The van der Waals surface area contributed by atoms with Gasteiger partial charge in [-0.3, -0.25) is 4.98 Å². The van der Waals surface area contributed by atoms with Crippen LogP contribution >= 0.6 is 0 Å². The van der Waals surface area contributed by atoms with E-state index in [0.29, 0.717) is 0 Å². The number of unbranched alkanes of at least 4 members (excludes halogenated alkanes) is 1. The molecule has 5 aromatic rings. The minimum atomic E-state index is 0. The van der Waals surface area contributed by atoms with Crippen LogP contribution in [-0.4, -0.2) is 32.9 Å². The fourth-order valence-electron chi connectivity index (χ4n) is 4.78. The Kier molecular flexibility index (Phi) is 10.6. The summed E-state index contributed by atoms with van der Waals surface area (Å²) in [7, 11) is 0. The Morgan fingerprint density at radius 1 is 0.581 bits per heavy atom. The molecule has 6 nitrogen and oxygen atoms in total. The van der Waals surface area contributed by atoms with E-state index in [-0.39, 0.29) is 20.1 Å². The Morgan fingerprint density at radius 3 is 1.70 bits per heavy atom. The monoisotopic (exact) mass is 740 g/mol. The second kappa shape index (κ2) is 15.1. The average Bonchev–Trinajstić information content (AvgIpc) is 3.75. The summed E-state index contributed by atoms with van der Waals surface area (Å²) in [6.45, 7) is 6.29. The van der Waals surface area contributed by atoms with Crippen molar-refractivity contribution in [2.75, 3.05) is 22.9 Å². The number of hydrogen-bond acceptors (Lipinski definition) is 6. The summed E-state index contributed by atoms with van der Waals surface area (Å²) in [6.07, 6.45) is 12.3. The van der Waals surface area contributed by atoms with Crippen molar-refractivity contribution in [1.29, 1.82) is 0 Å². The zero-order valence-corrected chi connectivity index (χ0v) is 26.0. The van der Waals surface area contributed by atoms with Crippen molar-refractivity contribution in [1.82, 2.24) is 19.8 Å². The first-order chi connectivity index (χ1) is 20.8. The first-order valence-corrected chi connectivity index (χ1v) is 14.1. The molecule has 0 bridgehead atoms. The van der Waals surface area contributed by atoms with Crippen molar-refractivity contribution >= 4 is 22.3 Å². The summed E-state index contributed by atoms with van der Waals surface area (Å²) in [5.74, 6) is 0. The fraction of sp³-hybridized carbons (Fsp3) is 0.111. The Balaban J connectivity index is 0.000000186. The summed E-state index contributed by atoms with van der Waals surface area (Å²) >= 11 is 0. The van der Waals surface area contributed by atoms with Crippen LogP contribution < -0.4 is 9.80 Å². The van der Waals surface area contributed by atoms with E-state index in [2.05, 4.69) is 98.0 Å². The van der Waals surface area contributed by atoms with E-state index in [9.17, 15) is 0 Å². The van der Waals surface area contributed by atoms with Crippen molar-refractivity contribution in [3.05, 3.63) is 160 Å². The number of nitrogens with zero attached hydrogens (tertiary/aromatic N) is 6.